The third-order valence-electron chi connectivity index (χ3n) is 2.98. The molecule has 0 radical (unpaired) electrons. The van der Waals surface area contributed by atoms with E-state index < -0.39 is 0 Å². The standard InChI is InChI=1S/C14H17ClN2O/c1-4-16-8-12-9(2)17-13-6-5-10(18-3)7-11(13)14(12)15/h5-7,16H,4,8H2,1-3H3. The summed E-state index contributed by atoms with van der Waals surface area (Å²) in [5, 5.41) is 4.98. The minimum absolute atomic E-state index is 0.737. The molecule has 0 unspecified atom stereocenters. The van der Waals surface area contributed by atoms with Crippen LogP contribution in [0.25, 0.3) is 10.9 Å². The number of methoxy groups -OCH3 is 1. The molecule has 18 heavy (non-hydrogen) atoms. The first-order valence-electron chi connectivity index (χ1n) is 6.00. The number of aromatic nitrogens is 1. The van der Waals surface area contributed by atoms with Crippen molar-refractivity contribution in [3.05, 3.63) is 34.5 Å². The Labute approximate surface area is 112 Å². The quantitative estimate of drug-likeness (QED) is 0.920. The molecule has 0 aliphatic heterocycles. The number of nitrogens with one attached hydrogen (secondary N) is 1. The van der Waals surface area contributed by atoms with Crippen molar-refractivity contribution in [1.82, 2.24) is 10.3 Å². The number of hydrogen-bond donors (Lipinski definition) is 1. The number of aryl methyl sites for hydroxylation is 1. The lowest BCUT2D eigenvalue weighted by atomic mass is 10.1. The molecule has 0 fully saturated rings. The lowest BCUT2D eigenvalue weighted by Crippen LogP contribution is -2.13. The Morgan fingerprint density at radius 3 is 2.83 bits per heavy atom. The largest absolute Gasteiger partial charge is 0.497 e. The summed E-state index contributed by atoms with van der Waals surface area (Å²) in [6, 6.07) is 5.76. The third-order valence-corrected chi connectivity index (χ3v) is 3.41. The first-order valence-corrected chi connectivity index (χ1v) is 6.38. The maximum atomic E-state index is 6.48. The lowest BCUT2D eigenvalue weighted by molar-refractivity contribution is 0.415. The van der Waals surface area contributed by atoms with Crippen molar-refractivity contribution in [3.8, 4) is 5.75 Å². The van der Waals surface area contributed by atoms with Gasteiger partial charge in [-0.05, 0) is 31.7 Å². The molecule has 1 aromatic heterocycles. The second kappa shape index (κ2) is 5.55. The van der Waals surface area contributed by atoms with Crippen LogP contribution in [0.4, 0.5) is 0 Å². The third kappa shape index (κ3) is 2.42. The number of hydrogen-bond acceptors (Lipinski definition) is 3. The summed E-state index contributed by atoms with van der Waals surface area (Å²) >= 11 is 6.48. The zero-order valence-electron chi connectivity index (χ0n) is 10.9. The van der Waals surface area contributed by atoms with E-state index in [4.69, 9.17) is 16.3 Å². The average molecular weight is 265 g/mol. The molecule has 2 aromatic rings. The summed E-state index contributed by atoms with van der Waals surface area (Å²) in [4.78, 5) is 4.58. The van der Waals surface area contributed by atoms with Crippen LogP contribution in [0.3, 0.4) is 0 Å². The summed E-state index contributed by atoms with van der Waals surface area (Å²) in [6.07, 6.45) is 0. The summed E-state index contributed by atoms with van der Waals surface area (Å²) in [6.45, 7) is 5.70. The lowest BCUT2D eigenvalue weighted by Gasteiger charge is -2.12. The van der Waals surface area contributed by atoms with E-state index in [1.165, 1.54) is 0 Å². The van der Waals surface area contributed by atoms with Gasteiger partial charge >= 0.3 is 0 Å². The van der Waals surface area contributed by atoms with Crippen molar-refractivity contribution in [2.45, 2.75) is 20.4 Å². The van der Waals surface area contributed by atoms with Crippen molar-refractivity contribution >= 4 is 22.5 Å². The van der Waals surface area contributed by atoms with Gasteiger partial charge in [0, 0.05) is 23.2 Å². The van der Waals surface area contributed by atoms with E-state index in [0.717, 1.165) is 46.0 Å². The Kier molecular flexibility index (Phi) is 4.04. The Balaban J connectivity index is 2.58. The summed E-state index contributed by atoms with van der Waals surface area (Å²) in [7, 11) is 1.65. The van der Waals surface area contributed by atoms with Gasteiger partial charge in [0.2, 0.25) is 0 Å². The molecule has 96 valence electrons. The highest BCUT2D eigenvalue weighted by molar-refractivity contribution is 6.36. The van der Waals surface area contributed by atoms with Gasteiger partial charge in [0.05, 0.1) is 17.6 Å². The number of rotatable bonds is 4. The van der Waals surface area contributed by atoms with Crippen molar-refractivity contribution in [1.29, 1.82) is 0 Å². The minimum atomic E-state index is 0.737. The van der Waals surface area contributed by atoms with Gasteiger partial charge in [-0.3, -0.25) is 4.98 Å². The van der Waals surface area contributed by atoms with Crippen molar-refractivity contribution in [2.24, 2.45) is 0 Å². The van der Waals surface area contributed by atoms with Crippen molar-refractivity contribution < 1.29 is 4.74 Å². The molecule has 0 aliphatic carbocycles. The molecule has 2 rings (SSSR count). The Hall–Kier alpha value is -1.32. The number of nitrogens with zero attached hydrogens (tertiary/aromatic N) is 1. The smallest absolute Gasteiger partial charge is 0.119 e. The van der Waals surface area contributed by atoms with Crippen LogP contribution in [-0.4, -0.2) is 18.6 Å². The zero-order chi connectivity index (χ0) is 13.1. The van der Waals surface area contributed by atoms with Crippen molar-refractivity contribution in [2.75, 3.05) is 13.7 Å². The highest BCUT2D eigenvalue weighted by Crippen LogP contribution is 2.30. The van der Waals surface area contributed by atoms with Crippen molar-refractivity contribution in [3.63, 3.8) is 0 Å². The number of pyridine rings is 1. The van der Waals surface area contributed by atoms with Gasteiger partial charge in [0.1, 0.15) is 5.75 Å². The fraction of sp³-hybridized carbons (Fsp3) is 0.357. The molecule has 0 spiro atoms. The predicted octanol–water partition coefficient (Wildman–Crippen LogP) is 3.31. The summed E-state index contributed by atoms with van der Waals surface area (Å²) < 4.78 is 5.23. The van der Waals surface area contributed by atoms with Gasteiger partial charge in [-0.15, -0.1) is 0 Å². The van der Waals surface area contributed by atoms with E-state index in [0.29, 0.717) is 0 Å². The second-order valence-corrected chi connectivity index (χ2v) is 4.53. The van der Waals surface area contributed by atoms with Gasteiger partial charge in [0.15, 0.2) is 0 Å². The van der Waals surface area contributed by atoms with Gasteiger partial charge in [-0.25, -0.2) is 0 Å². The molecule has 1 aromatic carbocycles. The van der Waals surface area contributed by atoms with Crippen LogP contribution in [-0.2, 0) is 6.54 Å². The first-order chi connectivity index (χ1) is 8.67. The Bertz CT molecular complexity index is 569. The normalized spacial score (nSPS) is 10.9. The van der Waals surface area contributed by atoms with Crippen LogP contribution in [0.2, 0.25) is 5.02 Å². The molecular weight excluding hydrogens is 248 g/mol. The molecule has 4 heteroatoms. The highest BCUT2D eigenvalue weighted by Gasteiger charge is 2.11. The molecule has 3 nitrogen and oxygen atoms in total. The molecule has 0 aliphatic rings. The topological polar surface area (TPSA) is 34.2 Å². The van der Waals surface area contributed by atoms with Crippen LogP contribution >= 0.6 is 11.6 Å². The highest BCUT2D eigenvalue weighted by atomic mass is 35.5. The number of ether oxygens (including phenoxy) is 1. The molecule has 0 amide bonds. The van der Waals surface area contributed by atoms with Crippen LogP contribution in [0.1, 0.15) is 18.2 Å². The summed E-state index contributed by atoms with van der Waals surface area (Å²) in [5.41, 5.74) is 2.93. The van der Waals surface area contributed by atoms with E-state index >= 15 is 0 Å². The Morgan fingerprint density at radius 1 is 1.39 bits per heavy atom. The average Bonchev–Trinajstić information content (AvgIpc) is 2.38. The SMILES string of the molecule is CCNCc1c(C)nc2ccc(OC)cc2c1Cl. The van der Waals surface area contributed by atoms with Crippen LogP contribution in [0.15, 0.2) is 18.2 Å². The van der Waals surface area contributed by atoms with Crippen LogP contribution in [0.5, 0.6) is 5.75 Å². The fourth-order valence-corrected chi connectivity index (χ4v) is 2.30. The predicted molar refractivity (Wildman–Crippen MR) is 75.4 cm³/mol. The van der Waals surface area contributed by atoms with E-state index in [9.17, 15) is 0 Å². The zero-order valence-corrected chi connectivity index (χ0v) is 11.6. The van der Waals surface area contributed by atoms with Gasteiger partial charge in [-0.1, -0.05) is 18.5 Å². The second-order valence-electron chi connectivity index (χ2n) is 4.15. The molecular formula is C14H17ClN2O. The number of fused-ring (bicyclic) bond motifs is 1. The molecule has 1 heterocycles. The number of benzene rings is 1. The van der Waals surface area contributed by atoms with Crippen LogP contribution in [0, 0.1) is 6.92 Å². The van der Waals surface area contributed by atoms with Gasteiger partial charge in [0.25, 0.3) is 0 Å². The summed E-state index contributed by atoms with van der Waals surface area (Å²) in [5.74, 6) is 0.796. The maximum Gasteiger partial charge on any atom is 0.119 e. The maximum absolute atomic E-state index is 6.48. The molecule has 0 bridgehead atoms. The molecule has 0 atom stereocenters. The first kappa shape index (κ1) is 13.1. The van der Waals surface area contributed by atoms with Gasteiger partial charge in [-0.2, -0.15) is 0 Å². The fourth-order valence-electron chi connectivity index (χ4n) is 1.94. The monoisotopic (exact) mass is 264 g/mol. The van der Waals surface area contributed by atoms with E-state index in [2.05, 4.69) is 17.2 Å². The van der Waals surface area contributed by atoms with E-state index in [1.807, 2.05) is 25.1 Å². The van der Waals surface area contributed by atoms with E-state index in [-0.39, 0.29) is 0 Å². The van der Waals surface area contributed by atoms with Gasteiger partial charge < -0.3 is 10.1 Å². The van der Waals surface area contributed by atoms with E-state index in [1.54, 1.807) is 7.11 Å². The molecule has 0 saturated heterocycles. The molecule has 1 N–H and O–H groups in total. The number of halogens is 1. The Morgan fingerprint density at radius 2 is 2.17 bits per heavy atom. The van der Waals surface area contributed by atoms with Crippen LogP contribution < -0.4 is 10.1 Å². The minimum Gasteiger partial charge on any atom is -0.497 e. The molecule has 0 saturated carbocycles.